The lowest BCUT2D eigenvalue weighted by Gasteiger charge is -2.36. The second kappa shape index (κ2) is 9.94. The van der Waals surface area contributed by atoms with Crippen molar-refractivity contribution in [2.45, 2.75) is 32.2 Å². The lowest BCUT2D eigenvalue weighted by atomic mass is 10.0. The molecule has 2 aliphatic rings. The van der Waals surface area contributed by atoms with E-state index in [-0.39, 0.29) is 5.91 Å². The average molecular weight is 408 g/mol. The molecule has 6 nitrogen and oxygen atoms in total. The van der Waals surface area contributed by atoms with Crippen LogP contribution in [0.4, 0.5) is 0 Å². The number of guanidine groups is 1. The molecule has 1 saturated heterocycles. The first-order valence-corrected chi connectivity index (χ1v) is 11.2. The fourth-order valence-corrected chi connectivity index (χ4v) is 4.04. The first-order chi connectivity index (χ1) is 14.7. The molecule has 4 rings (SSSR count). The van der Waals surface area contributed by atoms with E-state index in [0.29, 0.717) is 12.6 Å². The van der Waals surface area contributed by atoms with Gasteiger partial charge in [0.05, 0.1) is 6.54 Å². The fraction of sp³-hybridized carbons (Fsp3) is 0.500. The number of benzene rings is 2. The van der Waals surface area contributed by atoms with E-state index in [0.717, 1.165) is 64.5 Å². The molecule has 1 aliphatic heterocycles. The maximum absolute atomic E-state index is 12.0. The zero-order valence-corrected chi connectivity index (χ0v) is 17.9. The quantitative estimate of drug-likeness (QED) is 0.546. The molecule has 0 bridgehead atoms. The van der Waals surface area contributed by atoms with Gasteiger partial charge in [-0.15, -0.1) is 0 Å². The van der Waals surface area contributed by atoms with E-state index in [1.165, 1.54) is 16.3 Å². The Balaban J connectivity index is 1.31. The van der Waals surface area contributed by atoms with Crippen molar-refractivity contribution in [2.24, 2.45) is 4.99 Å². The van der Waals surface area contributed by atoms with E-state index < -0.39 is 0 Å². The number of rotatable bonds is 7. The van der Waals surface area contributed by atoms with Crippen LogP contribution in [-0.2, 0) is 11.2 Å². The van der Waals surface area contributed by atoms with Gasteiger partial charge in [0, 0.05) is 45.3 Å². The van der Waals surface area contributed by atoms with Crippen LogP contribution in [0.25, 0.3) is 10.8 Å². The summed E-state index contributed by atoms with van der Waals surface area (Å²) in [7, 11) is 0. The highest BCUT2D eigenvalue weighted by molar-refractivity contribution is 5.85. The summed E-state index contributed by atoms with van der Waals surface area (Å²) in [6, 6.07) is 15.5. The third-order valence-corrected chi connectivity index (χ3v) is 5.84. The second-order valence-electron chi connectivity index (χ2n) is 8.23. The molecule has 2 fully saturated rings. The van der Waals surface area contributed by atoms with Crippen LogP contribution in [0, 0.1) is 0 Å². The third kappa shape index (κ3) is 5.51. The molecule has 1 saturated carbocycles. The van der Waals surface area contributed by atoms with E-state index in [1.807, 2.05) is 0 Å². The zero-order valence-electron chi connectivity index (χ0n) is 17.9. The number of carbonyl (C=O) groups is 1. The molecule has 1 aliphatic carbocycles. The van der Waals surface area contributed by atoms with Crippen molar-refractivity contribution in [1.29, 1.82) is 0 Å². The van der Waals surface area contributed by atoms with Crippen LogP contribution >= 0.6 is 0 Å². The minimum Gasteiger partial charge on any atom is -0.357 e. The Morgan fingerprint density at radius 3 is 2.60 bits per heavy atom. The predicted molar refractivity (Wildman–Crippen MR) is 123 cm³/mol. The van der Waals surface area contributed by atoms with Crippen LogP contribution in [-0.4, -0.2) is 73.5 Å². The Morgan fingerprint density at radius 2 is 1.83 bits per heavy atom. The molecule has 30 heavy (non-hydrogen) atoms. The molecule has 1 heterocycles. The standard InChI is InChI=1S/C24H33N5O/c1-2-25-24(26-13-12-20-8-5-7-19-6-3-4-9-22(19)20)29-16-14-28(15-17-29)18-23(30)27-21-10-11-21/h3-9,21H,2,10-18H2,1H3,(H,25,26)(H,27,30). The van der Waals surface area contributed by atoms with Crippen LogP contribution in [0.2, 0.25) is 0 Å². The Kier molecular flexibility index (Phi) is 6.84. The molecule has 2 N–H and O–H groups in total. The lowest BCUT2D eigenvalue weighted by Crippen LogP contribution is -2.54. The van der Waals surface area contributed by atoms with Crippen molar-refractivity contribution in [1.82, 2.24) is 20.4 Å². The second-order valence-corrected chi connectivity index (χ2v) is 8.23. The van der Waals surface area contributed by atoms with E-state index in [1.54, 1.807) is 0 Å². The van der Waals surface area contributed by atoms with Crippen LogP contribution in [0.5, 0.6) is 0 Å². The summed E-state index contributed by atoms with van der Waals surface area (Å²) >= 11 is 0. The molecule has 0 radical (unpaired) electrons. The molecule has 160 valence electrons. The van der Waals surface area contributed by atoms with Crippen molar-refractivity contribution in [2.75, 3.05) is 45.8 Å². The van der Waals surface area contributed by atoms with Crippen molar-refractivity contribution in [3.63, 3.8) is 0 Å². The summed E-state index contributed by atoms with van der Waals surface area (Å²) in [4.78, 5) is 21.5. The maximum Gasteiger partial charge on any atom is 0.234 e. The van der Waals surface area contributed by atoms with Gasteiger partial charge in [0.1, 0.15) is 0 Å². The number of nitrogens with zero attached hydrogens (tertiary/aromatic N) is 3. The van der Waals surface area contributed by atoms with Crippen molar-refractivity contribution >= 4 is 22.6 Å². The van der Waals surface area contributed by atoms with Gasteiger partial charge >= 0.3 is 0 Å². The summed E-state index contributed by atoms with van der Waals surface area (Å²) in [6.07, 6.45) is 3.21. The summed E-state index contributed by atoms with van der Waals surface area (Å²) in [5, 5.41) is 9.13. The average Bonchev–Trinajstić information content (AvgIpc) is 3.58. The Labute approximate surface area is 179 Å². The summed E-state index contributed by atoms with van der Waals surface area (Å²) in [6.45, 7) is 7.83. The number of amides is 1. The van der Waals surface area contributed by atoms with Gasteiger partial charge in [0.25, 0.3) is 0 Å². The molecule has 2 aromatic rings. The van der Waals surface area contributed by atoms with Gasteiger partial charge in [-0.25, -0.2) is 0 Å². The minimum absolute atomic E-state index is 0.168. The van der Waals surface area contributed by atoms with Gasteiger partial charge in [-0.05, 0) is 42.5 Å². The van der Waals surface area contributed by atoms with Gasteiger partial charge < -0.3 is 15.5 Å². The summed E-state index contributed by atoms with van der Waals surface area (Å²) in [5.41, 5.74) is 1.35. The topological polar surface area (TPSA) is 60.0 Å². The van der Waals surface area contributed by atoms with Crippen LogP contribution < -0.4 is 10.6 Å². The third-order valence-electron chi connectivity index (χ3n) is 5.84. The maximum atomic E-state index is 12.0. The van der Waals surface area contributed by atoms with Crippen molar-refractivity contribution < 1.29 is 4.79 Å². The van der Waals surface area contributed by atoms with Crippen molar-refractivity contribution in [3.05, 3.63) is 48.0 Å². The number of hydrogen-bond donors (Lipinski definition) is 2. The van der Waals surface area contributed by atoms with Gasteiger partial charge in [-0.2, -0.15) is 0 Å². The molecule has 2 aromatic carbocycles. The Morgan fingerprint density at radius 1 is 1.07 bits per heavy atom. The number of nitrogens with one attached hydrogen (secondary N) is 2. The van der Waals surface area contributed by atoms with Gasteiger partial charge in [-0.3, -0.25) is 14.7 Å². The number of fused-ring (bicyclic) bond motifs is 1. The molecule has 0 unspecified atom stereocenters. The highest BCUT2D eigenvalue weighted by Crippen LogP contribution is 2.19. The molecule has 1 amide bonds. The molecule has 6 heteroatoms. The van der Waals surface area contributed by atoms with Gasteiger partial charge in [-0.1, -0.05) is 42.5 Å². The number of piperazine rings is 1. The van der Waals surface area contributed by atoms with E-state index in [2.05, 4.69) is 69.8 Å². The zero-order chi connectivity index (χ0) is 20.8. The highest BCUT2D eigenvalue weighted by Gasteiger charge is 2.25. The SMILES string of the molecule is CCNC(=NCCc1cccc2ccccc12)N1CCN(CC(=O)NC2CC2)CC1. The number of aliphatic imine (C=N–C) groups is 1. The predicted octanol–water partition coefficient (Wildman–Crippen LogP) is 2.24. The van der Waals surface area contributed by atoms with Crippen molar-refractivity contribution in [3.8, 4) is 0 Å². The molecule has 0 atom stereocenters. The van der Waals surface area contributed by atoms with Crippen LogP contribution in [0.15, 0.2) is 47.5 Å². The Hall–Kier alpha value is -2.60. The lowest BCUT2D eigenvalue weighted by molar-refractivity contribution is -0.122. The highest BCUT2D eigenvalue weighted by atomic mass is 16.2. The van der Waals surface area contributed by atoms with Gasteiger partial charge in [0.2, 0.25) is 5.91 Å². The normalized spacial score (nSPS) is 17.9. The smallest absolute Gasteiger partial charge is 0.234 e. The number of carbonyl (C=O) groups excluding carboxylic acids is 1. The van der Waals surface area contributed by atoms with Crippen LogP contribution in [0.1, 0.15) is 25.3 Å². The Bertz CT molecular complexity index is 879. The van der Waals surface area contributed by atoms with Crippen LogP contribution in [0.3, 0.4) is 0 Å². The van der Waals surface area contributed by atoms with Gasteiger partial charge in [0.15, 0.2) is 5.96 Å². The molecule has 0 aromatic heterocycles. The number of hydrogen-bond acceptors (Lipinski definition) is 3. The monoisotopic (exact) mass is 407 g/mol. The fourth-order valence-electron chi connectivity index (χ4n) is 4.04. The summed E-state index contributed by atoms with van der Waals surface area (Å²) < 4.78 is 0. The first kappa shape index (κ1) is 20.7. The van der Waals surface area contributed by atoms with E-state index in [4.69, 9.17) is 4.99 Å². The first-order valence-electron chi connectivity index (χ1n) is 11.2. The molecule has 0 spiro atoms. The van der Waals surface area contributed by atoms with E-state index >= 15 is 0 Å². The van der Waals surface area contributed by atoms with E-state index in [9.17, 15) is 4.79 Å². The molecular formula is C24H33N5O. The largest absolute Gasteiger partial charge is 0.357 e. The molecular weight excluding hydrogens is 374 g/mol. The summed E-state index contributed by atoms with van der Waals surface area (Å²) in [5.74, 6) is 1.15. The minimum atomic E-state index is 0.168.